The molecule has 3 heteroatoms. The van der Waals surface area contributed by atoms with Crippen LogP contribution in [-0.4, -0.2) is 59.3 Å². The molecular weight excluding hydrogens is 200 g/mol. The van der Waals surface area contributed by atoms with Gasteiger partial charge in [0.25, 0.3) is 0 Å². The van der Waals surface area contributed by atoms with Gasteiger partial charge in [-0.2, -0.15) is 0 Å². The van der Waals surface area contributed by atoms with E-state index in [0.29, 0.717) is 12.1 Å². The number of piperazine rings is 1. The lowest BCUT2D eigenvalue weighted by Gasteiger charge is -2.46. The van der Waals surface area contributed by atoms with Crippen LogP contribution in [0.3, 0.4) is 0 Å². The third-order valence-corrected chi connectivity index (χ3v) is 4.57. The summed E-state index contributed by atoms with van der Waals surface area (Å²) in [6.07, 6.45) is 4.34. The van der Waals surface area contributed by atoms with E-state index in [1.807, 2.05) is 0 Å². The maximum atomic E-state index is 9.54. The highest BCUT2D eigenvalue weighted by atomic mass is 16.3. The maximum Gasteiger partial charge on any atom is 0.0541 e. The summed E-state index contributed by atoms with van der Waals surface area (Å²) in [6, 6.07) is 2.05. The molecule has 94 valence electrons. The van der Waals surface area contributed by atoms with Crippen LogP contribution in [0.1, 0.15) is 39.5 Å². The fourth-order valence-electron chi connectivity index (χ4n) is 3.17. The van der Waals surface area contributed by atoms with Gasteiger partial charge in [0.05, 0.1) is 6.10 Å². The van der Waals surface area contributed by atoms with Crippen molar-refractivity contribution in [1.29, 1.82) is 0 Å². The number of aliphatic hydroxyl groups is 1. The number of rotatable bonds is 1. The monoisotopic (exact) mass is 226 g/mol. The van der Waals surface area contributed by atoms with Crippen molar-refractivity contribution < 1.29 is 5.11 Å². The molecule has 2 unspecified atom stereocenters. The van der Waals surface area contributed by atoms with Crippen LogP contribution in [0.5, 0.6) is 0 Å². The molecule has 1 saturated carbocycles. The summed E-state index contributed by atoms with van der Waals surface area (Å²) in [5, 5.41) is 9.54. The van der Waals surface area contributed by atoms with Crippen LogP contribution in [-0.2, 0) is 0 Å². The van der Waals surface area contributed by atoms with E-state index in [2.05, 4.69) is 30.7 Å². The fraction of sp³-hybridized carbons (Fsp3) is 1.00. The average molecular weight is 226 g/mol. The Morgan fingerprint density at radius 3 is 1.94 bits per heavy atom. The smallest absolute Gasteiger partial charge is 0.0541 e. The maximum absolute atomic E-state index is 9.54. The van der Waals surface area contributed by atoms with E-state index >= 15 is 0 Å². The Kier molecular flexibility index (Phi) is 3.88. The first-order chi connectivity index (χ1) is 7.58. The summed E-state index contributed by atoms with van der Waals surface area (Å²) < 4.78 is 0. The minimum Gasteiger partial charge on any atom is -0.393 e. The molecule has 0 aromatic heterocycles. The van der Waals surface area contributed by atoms with Crippen molar-refractivity contribution in [3.63, 3.8) is 0 Å². The van der Waals surface area contributed by atoms with Crippen LogP contribution in [0.25, 0.3) is 0 Å². The van der Waals surface area contributed by atoms with Gasteiger partial charge in [0, 0.05) is 31.2 Å². The molecule has 2 atom stereocenters. The Balaban J connectivity index is 1.90. The number of likely N-dealkylation sites (N-methyl/N-ethyl adjacent to an activating group) is 1. The molecule has 0 aromatic rings. The van der Waals surface area contributed by atoms with E-state index in [0.717, 1.165) is 18.9 Å². The molecule has 2 rings (SSSR count). The zero-order valence-corrected chi connectivity index (χ0v) is 10.9. The molecular formula is C13H26N2O. The highest BCUT2D eigenvalue weighted by Crippen LogP contribution is 2.26. The van der Waals surface area contributed by atoms with Crippen LogP contribution >= 0.6 is 0 Å². The summed E-state index contributed by atoms with van der Waals surface area (Å²) in [5.74, 6) is 0. The van der Waals surface area contributed by atoms with Crippen molar-refractivity contribution in [1.82, 2.24) is 9.80 Å². The second kappa shape index (κ2) is 5.03. The lowest BCUT2D eigenvalue weighted by Crippen LogP contribution is -2.58. The Bertz CT molecular complexity index is 214. The standard InChI is InChI=1S/C13H26N2O/c1-10-8-15(9-11(2)14(10)3)12-4-6-13(16)7-5-12/h10-13,16H,4-9H2,1-3H3. The van der Waals surface area contributed by atoms with E-state index in [4.69, 9.17) is 0 Å². The lowest BCUT2D eigenvalue weighted by molar-refractivity contribution is 0.00691. The van der Waals surface area contributed by atoms with Gasteiger partial charge in [-0.3, -0.25) is 9.80 Å². The SMILES string of the molecule is CC1CN(C2CCC(O)CC2)CC(C)N1C. The molecule has 1 heterocycles. The zero-order valence-electron chi connectivity index (χ0n) is 10.9. The fourth-order valence-corrected chi connectivity index (χ4v) is 3.17. The van der Waals surface area contributed by atoms with E-state index in [1.54, 1.807) is 0 Å². The quantitative estimate of drug-likeness (QED) is 0.730. The predicted octanol–water partition coefficient (Wildman–Crippen LogP) is 1.31. The van der Waals surface area contributed by atoms with Gasteiger partial charge in [-0.15, -0.1) is 0 Å². The van der Waals surface area contributed by atoms with Gasteiger partial charge in [0.15, 0.2) is 0 Å². The van der Waals surface area contributed by atoms with Crippen molar-refractivity contribution in [2.75, 3.05) is 20.1 Å². The summed E-state index contributed by atoms with van der Waals surface area (Å²) in [4.78, 5) is 5.13. The van der Waals surface area contributed by atoms with Crippen molar-refractivity contribution in [2.24, 2.45) is 0 Å². The Morgan fingerprint density at radius 2 is 1.44 bits per heavy atom. The number of hydrogen-bond acceptors (Lipinski definition) is 3. The summed E-state index contributed by atoms with van der Waals surface area (Å²) in [6.45, 7) is 7.03. The van der Waals surface area contributed by atoms with Gasteiger partial charge in [-0.25, -0.2) is 0 Å². The first-order valence-electron chi connectivity index (χ1n) is 6.72. The molecule has 2 aliphatic rings. The van der Waals surface area contributed by atoms with Gasteiger partial charge >= 0.3 is 0 Å². The number of aliphatic hydroxyl groups excluding tert-OH is 1. The Labute approximate surface area is 99.4 Å². The van der Waals surface area contributed by atoms with E-state index in [-0.39, 0.29) is 6.10 Å². The third kappa shape index (κ3) is 2.58. The van der Waals surface area contributed by atoms with Crippen molar-refractivity contribution in [3.8, 4) is 0 Å². The minimum absolute atomic E-state index is 0.0291. The summed E-state index contributed by atoms with van der Waals surface area (Å²) in [5.41, 5.74) is 0. The normalized spacial score (nSPS) is 43.5. The second-order valence-corrected chi connectivity index (χ2v) is 5.78. The predicted molar refractivity (Wildman–Crippen MR) is 66.5 cm³/mol. The van der Waals surface area contributed by atoms with Crippen molar-refractivity contribution in [2.45, 2.75) is 63.8 Å². The van der Waals surface area contributed by atoms with Gasteiger partial charge in [-0.1, -0.05) is 0 Å². The molecule has 1 aliphatic carbocycles. The van der Waals surface area contributed by atoms with Crippen LogP contribution in [0.4, 0.5) is 0 Å². The van der Waals surface area contributed by atoms with Crippen molar-refractivity contribution >= 4 is 0 Å². The summed E-state index contributed by atoms with van der Waals surface area (Å²) in [7, 11) is 2.23. The summed E-state index contributed by atoms with van der Waals surface area (Å²) >= 11 is 0. The topological polar surface area (TPSA) is 26.7 Å². The molecule has 1 saturated heterocycles. The molecule has 1 N–H and O–H groups in total. The van der Waals surface area contributed by atoms with E-state index in [9.17, 15) is 5.11 Å². The zero-order chi connectivity index (χ0) is 11.7. The van der Waals surface area contributed by atoms with Crippen molar-refractivity contribution in [3.05, 3.63) is 0 Å². The molecule has 16 heavy (non-hydrogen) atoms. The largest absolute Gasteiger partial charge is 0.393 e. The molecule has 0 radical (unpaired) electrons. The average Bonchev–Trinajstić information content (AvgIpc) is 2.26. The van der Waals surface area contributed by atoms with E-state index in [1.165, 1.54) is 25.9 Å². The first kappa shape index (κ1) is 12.3. The van der Waals surface area contributed by atoms with Gasteiger partial charge in [0.2, 0.25) is 0 Å². The molecule has 1 aliphatic heterocycles. The second-order valence-electron chi connectivity index (χ2n) is 5.78. The minimum atomic E-state index is -0.0291. The van der Waals surface area contributed by atoms with Crippen LogP contribution < -0.4 is 0 Å². The van der Waals surface area contributed by atoms with Crippen LogP contribution in [0, 0.1) is 0 Å². The highest BCUT2D eigenvalue weighted by Gasteiger charge is 2.32. The third-order valence-electron chi connectivity index (χ3n) is 4.57. The molecule has 0 aromatic carbocycles. The van der Waals surface area contributed by atoms with Gasteiger partial charge < -0.3 is 5.11 Å². The van der Waals surface area contributed by atoms with Gasteiger partial charge in [0.1, 0.15) is 0 Å². The molecule has 2 fully saturated rings. The van der Waals surface area contributed by atoms with Crippen LogP contribution in [0.2, 0.25) is 0 Å². The first-order valence-corrected chi connectivity index (χ1v) is 6.72. The Morgan fingerprint density at radius 1 is 0.938 bits per heavy atom. The Hall–Kier alpha value is -0.120. The molecule has 0 bridgehead atoms. The number of hydrogen-bond donors (Lipinski definition) is 1. The highest BCUT2D eigenvalue weighted by molar-refractivity contribution is 4.88. The molecule has 3 nitrogen and oxygen atoms in total. The molecule has 0 spiro atoms. The molecule has 0 amide bonds. The lowest BCUT2D eigenvalue weighted by atomic mass is 9.90. The van der Waals surface area contributed by atoms with Crippen LogP contribution in [0.15, 0.2) is 0 Å². The van der Waals surface area contributed by atoms with Gasteiger partial charge in [-0.05, 0) is 46.6 Å². The number of nitrogens with zero attached hydrogens (tertiary/aromatic N) is 2. The van der Waals surface area contributed by atoms with E-state index < -0.39 is 0 Å².